The highest BCUT2D eigenvalue weighted by molar-refractivity contribution is 9.10. The number of rotatable bonds is 8. The highest BCUT2D eigenvalue weighted by atomic mass is 79.9. The SMILES string of the molecule is COCCCC(CSc1ccc(Br)cc1)NN. The number of hydrazine groups is 1. The van der Waals surface area contributed by atoms with E-state index in [0.29, 0.717) is 6.04 Å². The normalized spacial score (nSPS) is 12.6. The van der Waals surface area contributed by atoms with Gasteiger partial charge < -0.3 is 4.74 Å². The first kappa shape index (κ1) is 15.0. The lowest BCUT2D eigenvalue weighted by atomic mass is 10.2. The molecule has 3 N–H and O–H groups in total. The van der Waals surface area contributed by atoms with E-state index in [0.717, 1.165) is 29.7 Å². The minimum absolute atomic E-state index is 0.332. The zero-order valence-corrected chi connectivity index (χ0v) is 12.4. The van der Waals surface area contributed by atoms with Crippen molar-refractivity contribution in [2.24, 2.45) is 5.84 Å². The van der Waals surface area contributed by atoms with Gasteiger partial charge >= 0.3 is 0 Å². The predicted octanol–water partition coefficient (Wildman–Crippen LogP) is 2.80. The third kappa shape index (κ3) is 6.43. The Balaban J connectivity index is 2.29. The molecule has 0 aromatic heterocycles. The third-order valence-electron chi connectivity index (χ3n) is 2.40. The molecule has 0 aliphatic heterocycles. The van der Waals surface area contributed by atoms with Crippen molar-refractivity contribution >= 4 is 27.7 Å². The fourth-order valence-corrected chi connectivity index (χ4v) is 2.67. The molecule has 0 aliphatic rings. The fourth-order valence-electron chi connectivity index (χ4n) is 1.42. The van der Waals surface area contributed by atoms with Crippen LogP contribution in [0.3, 0.4) is 0 Å². The van der Waals surface area contributed by atoms with E-state index < -0.39 is 0 Å². The van der Waals surface area contributed by atoms with Crippen LogP contribution in [0, 0.1) is 0 Å². The minimum atomic E-state index is 0.332. The largest absolute Gasteiger partial charge is 0.385 e. The summed E-state index contributed by atoms with van der Waals surface area (Å²) < 4.78 is 6.14. The van der Waals surface area contributed by atoms with Crippen LogP contribution in [0.15, 0.2) is 33.6 Å². The molecule has 1 aromatic rings. The van der Waals surface area contributed by atoms with Gasteiger partial charge in [-0.15, -0.1) is 11.8 Å². The molecule has 0 spiro atoms. The maximum absolute atomic E-state index is 5.53. The van der Waals surface area contributed by atoms with Crippen molar-refractivity contribution in [3.05, 3.63) is 28.7 Å². The van der Waals surface area contributed by atoms with Crippen molar-refractivity contribution in [1.29, 1.82) is 0 Å². The second-order valence-corrected chi connectivity index (χ2v) is 5.77. The molecule has 0 saturated carbocycles. The fraction of sp³-hybridized carbons (Fsp3) is 0.500. The van der Waals surface area contributed by atoms with Crippen LogP contribution in [0.25, 0.3) is 0 Å². The van der Waals surface area contributed by atoms with Crippen molar-refractivity contribution in [3.63, 3.8) is 0 Å². The molecule has 1 atom stereocenters. The van der Waals surface area contributed by atoms with Gasteiger partial charge in [0.15, 0.2) is 0 Å². The average Bonchev–Trinajstić information content (AvgIpc) is 2.35. The summed E-state index contributed by atoms with van der Waals surface area (Å²) in [5.74, 6) is 6.51. The molecule has 0 heterocycles. The van der Waals surface area contributed by atoms with Gasteiger partial charge in [-0.2, -0.15) is 0 Å². The number of benzene rings is 1. The summed E-state index contributed by atoms with van der Waals surface area (Å²) in [5.41, 5.74) is 2.86. The van der Waals surface area contributed by atoms with Crippen molar-refractivity contribution in [3.8, 4) is 0 Å². The Bertz CT molecular complexity index is 308. The van der Waals surface area contributed by atoms with Crippen LogP contribution in [-0.2, 0) is 4.74 Å². The van der Waals surface area contributed by atoms with E-state index in [2.05, 4.69) is 45.6 Å². The Kier molecular flexibility index (Phi) is 7.88. The van der Waals surface area contributed by atoms with E-state index in [-0.39, 0.29) is 0 Å². The number of halogens is 1. The van der Waals surface area contributed by atoms with E-state index in [1.165, 1.54) is 4.90 Å². The lowest BCUT2D eigenvalue weighted by Gasteiger charge is -2.15. The van der Waals surface area contributed by atoms with E-state index in [9.17, 15) is 0 Å². The Hall–Kier alpha value is -0.0700. The van der Waals surface area contributed by atoms with Crippen molar-refractivity contribution < 1.29 is 4.74 Å². The Morgan fingerprint density at radius 2 is 2.12 bits per heavy atom. The first-order chi connectivity index (χ1) is 8.26. The first-order valence-corrected chi connectivity index (χ1v) is 7.37. The maximum Gasteiger partial charge on any atom is 0.0462 e. The molecule has 1 unspecified atom stereocenters. The summed E-state index contributed by atoms with van der Waals surface area (Å²) in [4.78, 5) is 1.26. The summed E-state index contributed by atoms with van der Waals surface area (Å²) in [6, 6.07) is 8.66. The predicted molar refractivity (Wildman–Crippen MR) is 77.1 cm³/mol. The standard InChI is InChI=1S/C12H19BrN2OS/c1-16-8-2-3-11(15-14)9-17-12-6-4-10(13)5-7-12/h4-7,11,15H,2-3,8-9,14H2,1H3. The summed E-state index contributed by atoms with van der Waals surface area (Å²) >= 11 is 5.24. The van der Waals surface area contributed by atoms with Gasteiger partial charge in [-0.3, -0.25) is 11.3 Å². The van der Waals surface area contributed by atoms with Gasteiger partial charge in [0.05, 0.1) is 0 Å². The topological polar surface area (TPSA) is 47.3 Å². The molecule has 0 radical (unpaired) electrons. The lowest BCUT2D eigenvalue weighted by molar-refractivity contribution is 0.189. The number of nitrogens with two attached hydrogens (primary N) is 1. The monoisotopic (exact) mass is 318 g/mol. The zero-order valence-electron chi connectivity index (χ0n) is 9.99. The molecular formula is C12H19BrN2OS. The number of thioether (sulfide) groups is 1. The van der Waals surface area contributed by atoms with Crippen molar-refractivity contribution in [2.75, 3.05) is 19.5 Å². The molecule has 1 rings (SSSR count). The molecule has 5 heteroatoms. The summed E-state index contributed by atoms with van der Waals surface area (Å²) in [5, 5.41) is 0. The molecule has 1 aromatic carbocycles. The van der Waals surface area contributed by atoms with Crippen LogP contribution < -0.4 is 11.3 Å². The molecule has 96 valence electrons. The molecule has 17 heavy (non-hydrogen) atoms. The maximum atomic E-state index is 5.53. The average molecular weight is 319 g/mol. The minimum Gasteiger partial charge on any atom is -0.385 e. The van der Waals surface area contributed by atoms with Crippen LogP contribution in [-0.4, -0.2) is 25.5 Å². The van der Waals surface area contributed by atoms with Gasteiger partial charge in [-0.1, -0.05) is 15.9 Å². The number of hydrogen-bond donors (Lipinski definition) is 2. The van der Waals surface area contributed by atoms with Gasteiger partial charge in [0, 0.05) is 34.9 Å². The highest BCUT2D eigenvalue weighted by Crippen LogP contribution is 2.21. The second kappa shape index (κ2) is 8.94. The second-order valence-electron chi connectivity index (χ2n) is 3.76. The van der Waals surface area contributed by atoms with Crippen molar-refractivity contribution in [1.82, 2.24) is 5.43 Å². The van der Waals surface area contributed by atoms with Gasteiger partial charge in [-0.05, 0) is 37.1 Å². The lowest BCUT2D eigenvalue weighted by Crippen LogP contribution is -2.37. The van der Waals surface area contributed by atoms with Crippen molar-refractivity contribution in [2.45, 2.75) is 23.8 Å². The number of methoxy groups -OCH3 is 1. The van der Waals surface area contributed by atoms with Crippen LogP contribution >= 0.6 is 27.7 Å². The van der Waals surface area contributed by atoms with E-state index in [1.54, 1.807) is 7.11 Å². The number of nitrogens with one attached hydrogen (secondary N) is 1. The van der Waals surface area contributed by atoms with E-state index in [4.69, 9.17) is 10.6 Å². The Labute approximate surface area is 116 Å². The number of hydrogen-bond acceptors (Lipinski definition) is 4. The molecule has 0 aliphatic carbocycles. The Morgan fingerprint density at radius 1 is 1.41 bits per heavy atom. The quantitative estimate of drug-likeness (QED) is 0.335. The molecular weight excluding hydrogens is 300 g/mol. The smallest absolute Gasteiger partial charge is 0.0462 e. The van der Waals surface area contributed by atoms with Crippen LogP contribution in [0.2, 0.25) is 0 Å². The molecule has 3 nitrogen and oxygen atoms in total. The van der Waals surface area contributed by atoms with Crippen LogP contribution in [0.4, 0.5) is 0 Å². The third-order valence-corrected chi connectivity index (χ3v) is 4.10. The highest BCUT2D eigenvalue weighted by Gasteiger charge is 2.06. The molecule has 0 bridgehead atoms. The molecule has 0 amide bonds. The summed E-state index contributed by atoms with van der Waals surface area (Å²) in [6.45, 7) is 0.793. The van der Waals surface area contributed by atoms with Crippen LogP contribution in [0.1, 0.15) is 12.8 Å². The van der Waals surface area contributed by atoms with Gasteiger partial charge in [-0.25, -0.2) is 0 Å². The zero-order chi connectivity index (χ0) is 12.5. The summed E-state index contributed by atoms with van der Waals surface area (Å²) in [6.07, 6.45) is 2.07. The molecule has 0 saturated heterocycles. The Morgan fingerprint density at radius 3 is 2.71 bits per heavy atom. The van der Waals surface area contributed by atoms with E-state index in [1.807, 2.05) is 11.8 Å². The first-order valence-electron chi connectivity index (χ1n) is 5.59. The van der Waals surface area contributed by atoms with Gasteiger partial charge in [0.1, 0.15) is 0 Å². The van der Waals surface area contributed by atoms with E-state index >= 15 is 0 Å². The van der Waals surface area contributed by atoms with Crippen LogP contribution in [0.5, 0.6) is 0 Å². The van der Waals surface area contributed by atoms with Gasteiger partial charge in [0.25, 0.3) is 0 Å². The van der Waals surface area contributed by atoms with Gasteiger partial charge in [0.2, 0.25) is 0 Å². The molecule has 0 fully saturated rings. The number of ether oxygens (including phenoxy) is 1. The summed E-state index contributed by atoms with van der Waals surface area (Å²) in [7, 11) is 1.72.